The van der Waals surface area contributed by atoms with Gasteiger partial charge in [-0.25, -0.2) is 0 Å². The third-order valence-corrected chi connectivity index (χ3v) is 7.17. The van der Waals surface area contributed by atoms with Crippen LogP contribution in [0.25, 0.3) is 0 Å². The maximum Gasteiger partial charge on any atom is 0.303 e. The molecule has 2 bridgehead atoms. The first kappa shape index (κ1) is 13.5. The Kier molecular flexibility index (Phi) is 2.67. The molecule has 2 heteroatoms. The molecule has 0 aliphatic heterocycles. The Balaban J connectivity index is 2.02. The van der Waals surface area contributed by atoms with Gasteiger partial charge in [-0.1, -0.05) is 20.8 Å². The van der Waals surface area contributed by atoms with Gasteiger partial charge >= 0.3 is 5.97 Å². The third-order valence-electron chi connectivity index (χ3n) is 7.17. The number of ether oxygens (including phenoxy) is 1. The summed E-state index contributed by atoms with van der Waals surface area (Å²) < 4.78 is 5.88. The number of carbonyl (C=O) groups excluding carboxylic acids is 1. The number of hydrogen-bond donors (Lipinski definition) is 0. The van der Waals surface area contributed by atoms with E-state index in [0.717, 1.165) is 24.2 Å². The van der Waals surface area contributed by atoms with Crippen LogP contribution in [0.15, 0.2) is 0 Å². The molecule has 0 aromatic rings. The molecule has 2 nitrogen and oxygen atoms in total. The monoisotopic (exact) mass is 264 g/mol. The zero-order valence-electron chi connectivity index (χ0n) is 13.1. The highest BCUT2D eigenvalue weighted by Gasteiger charge is 2.70. The summed E-state index contributed by atoms with van der Waals surface area (Å²) in [6.45, 7) is 11.1. The van der Waals surface area contributed by atoms with Gasteiger partial charge < -0.3 is 4.74 Å². The van der Waals surface area contributed by atoms with E-state index in [1.165, 1.54) is 25.7 Å². The van der Waals surface area contributed by atoms with Crippen LogP contribution in [0.1, 0.15) is 66.7 Å². The number of fused-ring (bicyclic) bond motifs is 1. The predicted molar refractivity (Wildman–Crippen MR) is 75.6 cm³/mol. The standard InChI is InChI=1S/C17H28O2/c1-11-6-9-17-10-13(11)15(3,4)14(17)7-8-16(17,5)19-12(2)18/h11,13-14H,6-10H2,1-5H3. The van der Waals surface area contributed by atoms with E-state index in [2.05, 4.69) is 27.7 Å². The molecule has 0 heterocycles. The van der Waals surface area contributed by atoms with Crippen LogP contribution in [0.2, 0.25) is 0 Å². The summed E-state index contributed by atoms with van der Waals surface area (Å²) in [7, 11) is 0. The van der Waals surface area contributed by atoms with Crippen LogP contribution in [0.3, 0.4) is 0 Å². The number of esters is 1. The Morgan fingerprint density at radius 2 is 1.84 bits per heavy atom. The summed E-state index contributed by atoms with van der Waals surface area (Å²) >= 11 is 0. The predicted octanol–water partition coefficient (Wildman–Crippen LogP) is 4.18. The molecule has 3 rings (SSSR count). The number of rotatable bonds is 1. The first-order valence-corrected chi connectivity index (χ1v) is 7.92. The van der Waals surface area contributed by atoms with E-state index < -0.39 is 0 Å². The van der Waals surface area contributed by atoms with Crippen molar-refractivity contribution in [2.45, 2.75) is 72.3 Å². The second-order valence-corrected chi connectivity index (χ2v) is 8.22. The van der Waals surface area contributed by atoms with Crippen molar-refractivity contribution >= 4 is 5.97 Å². The molecule has 1 spiro atoms. The van der Waals surface area contributed by atoms with E-state index in [1.54, 1.807) is 6.92 Å². The van der Waals surface area contributed by atoms with Crippen LogP contribution in [0.5, 0.6) is 0 Å². The SMILES string of the molecule is CC(=O)OC1(C)CCC2C(C)(C)C3CC21CCC3C. The van der Waals surface area contributed by atoms with Crippen molar-refractivity contribution in [3.8, 4) is 0 Å². The minimum absolute atomic E-state index is 0.0996. The topological polar surface area (TPSA) is 26.3 Å². The zero-order valence-corrected chi connectivity index (χ0v) is 13.1. The molecule has 0 amide bonds. The minimum Gasteiger partial charge on any atom is -0.459 e. The normalized spacial score (nSPS) is 50.9. The largest absolute Gasteiger partial charge is 0.459 e. The first-order chi connectivity index (χ1) is 8.73. The molecule has 0 aromatic heterocycles. The lowest BCUT2D eigenvalue weighted by molar-refractivity contribution is -0.172. The molecular weight excluding hydrogens is 236 g/mol. The average Bonchev–Trinajstić information content (AvgIpc) is 2.65. The first-order valence-electron chi connectivity index (χ1n) is 7.92. The second-order valence-electron chi connectivity index (χ2n) is 8.22. The summed E-state index contributed by atoms with van der Waals surface area (Å²) in [6.07, 6.45) is 6.13. The molecule has 0 N–H and O–H groups in total. The fourth-order valence-corrected chi connectivity index (χ4v) is 6.30. The van der Waals surface area contributed by atoms with Gasteiger partial charge in [-0.15, -0.1) is 0 Å². The molecule has 19 heavy (non-hydrogen) atoms. The van der Waals surface area contributed by atoms with Crippen molar-refractivity contribution in [2.24, 2.45) is 28.6 Å². The third kappa shape index (κ3) is 1.52. The van der Waals surface area contributed by atoms with Crippen LogP contribution in [0.4, 0.5) is 0 Å². The summed E-state index contributed by atoms with van der Waals surface area (Å²) in [5.41, 5.74) is 0.461. The summed E-state index contributed by atoms with van der Waals surface area (Å²) in [6, 6.07) is 0. The van der Waals surface area contributed by atoms with E-state index in [9.17, 15) is 4.79 Å². The zero-order chi connectivity index (χ0) is 14.1. The van der Waals surface area contributed by atoms with Gasteiger partial charge in [0.05, 0.1) is 0 Å². The summed E-state index contributed by atoms with van der Waals surface area (Å²) in [5.74, 6) is 2.27. The van der Waals surface area contributed by atoms with Gasteiger partial charge in [0, 0.05) is 12.3 Å². The maximum atomic E-state index is 11.6. The lowest BCUT2D eigenvalue weighted by Gasteiger charge is -2.46. The molecule has 3 fully saturated rings. The van der Waals surface area contributed by atoms with Gasteiger partial charge in [0.2, 0.25) is 0 Å². The van der Waals surface area contributed by atoms with Gasteiger partial charge in [-0.3, -0.25) is 4.79 Å². The van der Waals surface area contributed by atoms with Gasteiger partial charge in [-0.05, 0) is 62.2 Å². The number of hydrogen-bond acceptors (Lipinski definition) is 2. The van der Waals surface area contributed by atoms with E-state index in [0.29, 0.717) is 5.41 Å². The molecule has 3 saturated carbocycles. The minimum atomic E-state index is -0.213. The molecule has 0 radical (unpaired) electrons. The van der Waals surface area contributed by atoms with Crippen molar-refractivity contribution in [1.29, 1.82) is 0 Å². The Hall–Kier alpha value is -0.530. The Labute approximate surface area is 117 Å². The molecule has 3 aliphatic rings. The quantitative estimate of drug-likeness (QED) is 0.664. The molecule has 0 aromatic carbocycles. The molecule has 5 unspecified atom stereocenters. The van der Waals surface area contributed by atoms with Crippen LogP contribution >= 0.6 is 0 Å². The van der Waals surface area contributed by atoms with Crippen molar-refractivity contribution in [2.75, 3.05) is 0 Å². The molecule has 108 valence electrons. The Morgan fingerprint density at radius 1 is 1.16 bits per heavy atom. The van der Waals surface area contributed by atoms with E-state index in [4.69, 9.17) is 4.74 Å². The van der Waals surface area contributed by atoms with E-state index in [-0.39, 0.29) is 17.0 Å². The second kappa shape index (κ2) is 3.77. The van der Waals surface area contributed by atoms with Gasteiger partial charge in [0.25, 0.3) is 0 Å². The van der Waals surface area contributed by atoms with Crippen LogP contribution in [-0.2, 0) is 9.53 Å². The maximum absolute atomic E-state index is 11.6. The van der Waals surface area contributed by atoms with Gasteiger partial charge in [0.1, 0.15) is 5.60 Å². The lowest BCUT2D eigenvalue weighted by Crippen LogP contribution is -2.47. The summed E-state index contributed by atoms with van der Waals surface area (Å²) in [5, 5.41) is 0. The molecule has 3 aliphatic carbocycles. The van der Waals surface area contributed by atoms with E-state index >= 15 is 0 Å². The highest BCUT2D eigenvalue weighted by Crippen LogP contribution is 2.74. The van der Waals surface area contributed by atoms with Crippen LogP contribution in [0, 0.1) is 28.6 Å². The van der Waals surface area contributed by atoms with Crippen LogP contribution < -0.4 is 0 Å². The van der Waals surface area contributed by atoms with E-state index in [1.807, 2.05) is 0 Å². The van der Waals surface area contributed by atoms with Gasteiger partial charge in [-0.2, -0.15) is 0 Å². The fourth-order valence-electron chi connectivity index (χ4n) is 6.30. The highest BCUT2D eigenvalue weighted by atomic mass is 16.6. The van der Waals surface area contributed by atoms with Crippen molar-refractivity contribution < 1.29 is 9.53 Å². The van der Waals surface area contributed by atoms with Crippen molar-refractivity contribution in [3.05, 3.63) is 0 Å². The smallest absolute Gasteiger partial charge is 0.303 e. The Morgan fingerprint density at radius 3 is 2.47 bits per heavy atom. The molecule has 0 saturated heterocycles. The molecule has 5 atom stereocenters. The van der Waals surface area contributed by atoms with Crippen molar-refractivity contribution in [3.63, 3.8) is 0 Å². The summed E-state index contributed by atoms with van der Waals surface area (Å²) in [4.78, 5) is 11.6. The highest BCUT2D eigenvalue weighted by molar-refractivity contribution is 5.66. The lowest BCUT2D eigenvalue weighted by atomic mass is 9.63. The molecular formula is C17H28O2. The fraction of sp³-hybridized carbons (Fsp3) is 0.941. The number of carbonyl (C=O) groups is 1. The Bertz CT molecular complexity index is 413. The van der Waals surface area contributed by atoms with Crippen LogP contribution in [-0.4, -0.2) is 11.6 Å². The van der Waals surface area contributed by atoms with Gasteiger partial charge in [0.15, 0.2) is 0 Å². The average molecular weight is 264 g/mol. The van der Waals surface area contributed by atoms with Crippen molar-refractivity contribution in [1.82, 2.24) is 0 Å².